The molecular formula is C10H12N4O3S. The highest BCUT2D eigenvalue weighted by atomic mass is 32.2. The van der Waals surface area contributed by atoms with E-state index in [1.165, 1.54) is 18.2 Å². The Morgan fingerprint density at radius 3 is 3.06 bits per heavy atom. The van der Waals surface area contributed by atoms with E-state index in [2.05, 4.69) is 19.6 Å². The first-order valence-electron chi connectivity index (χ1n) is 5.29. The second kappa shape index (κ2) is 5.67. The molecule has 0 aliphatic rings. The van der Waals surface area contributed by atoms with Gasteiger partial charge in [0.05, 0.1) is 5.75 Å². The van der Waals surface area contributed by atoms with E-state index in [-0.39, 0.29) is 5.75 Å². The van der Waals surface area contributed by atoms with Crippen LogP contribution in [-0.4, -0.2) is 36.5 Å². The van der Waals surface area contributed by atoms with Crippen molar-refractivity contribution in [2.45, 2.75) is 25.0 Å². The molecule has 1 N–H and O–H groups in total. The Kier molecular flexibility index (Phi) is 3.98. The zero-order valence-electron chi connectivity index (χ0n) is 9.74. The van der Waals surface area contributed by atoms with Gasteiger partial charge < -0.3 is 14.2 Å². The summed E-state index contributed by atoms with van der Waals surface area (Å²) in [4.78, 5) is 18.7. The summed E-state index contributed by atoms with van der Waals surface area (Å²) >= 11 is 1.20. The predicted molar refractivity (Wildman–Crippen MR) is 63.3 cm³/mol. The van der Waals surface area contributed by atoms with Gasteiger partial charge in [0.15, 0.2) is 11.0 Å². The van der Waals surface area contributed by atoms with Crippen molar-refractivity contribution < 1.29 is 14.4 Å². The molecule has 0 aliphatic carbocycles. The van der Waals surface area contributed by atoms with E-state index in [9.17, 15) is 4.79 Å². The molecule has 2 aromatic rings. The summed E-state index contributed by atoms with van der Waals surface area (Å²) in [7, 11) is 0. The van der Waals surface area contributed by atoms with Gasteiger partial charge in [0.1, 0.15) is 0 Å². The highest BCUT2D eigenvalue weighted by molar-refractivity contribution is 7.99. The Morgan fingerprint density at radius 2 is 2.39 bits per heavy atom. The fourth-order valence-electron chi connectivity index (χ4n) is 1.47. The maximum absolute atomic E-state index is 10.5. The number of carbonyl (C=O) groups is 1. The smallest absolute Gasteiger partial charge is 0.313 e. The van der Waals surface area contributed by atoms with Gasteiger partial charge in [-0.3, -0.25) is 4.79 Å². The summed E-state index contributed by atoms with van der Waals surface area (Å²) in [6.07, 6.45) is 3.63. The number of thioether (sulfide) groups is 1. The topological polar surface area (TPSA) is 94.0 Å². The van der Waals surface area contributed by atoms with E-state index in [0.717, 1.165) is 5.69 Å². The highest BCUT2D eigenvalue weighted by Crippen LogP contribution is 2.18. The lowest BCUT2D eigenvalue weighted by Gasteiger charge is -2.07. The van der Waals surface area contributed by atoms with Gasteiger partial charge in [-0.15, -0.1) is 0 Å². The van der Waals surface area contributed by atoms with Gasteiger partial charge in [-0.05, 0) is 6.92 Å². The first-order valence-corrected chi connectivity index (χ1v) is 6.27. The molecule has 0 bridgehead atoms. The lowest BCUT2D eigenvalue weighted by molar-refractivity contribution is -0.133. The number of carboxylic acids is 1. The second-order valence-corrected chi connectivity index (χ2v) is 4.56. The van der Waals surface area contributed by atoms with E-state index in [4.69, 9.17) is 5.11 Å². The number of aryl methyl sites for hydroxylation is 2. The minimum atomic E-state index is -0.856. The van der Waals surface area contributed by atoms with Gasteiger partial charge >= 0.3 is 5.97 Å². The Morgan fingerprint density at radius 1 is 1.56 bits per heavy atom. The maximum atomic E-state index is 10.5. The second-order valence-electron chi connectivity index (χ2n) is 3.61. The number of hydrogen-bond donors (Lipinski definition) is 1. The number of aromatic nitrogens is 4. The van der Waals surface area contributed by atoms with Crippen molar-refractivity contribution in [3.8, 4) is 0 Å². The average molecular weight is 268 g/mol. The van der Waals surface area contributed by atoms with Gasteiger partial charge in [-0.2, -0.15) is 4.98 Å². The van der Waals surface area contributed by atoms with Crippen molar-refractivity contribution in [2.75, 3.05) is 5.75 Å². The number of hydrogen-bond acceptors (Lipinski definition) is 6. The summed E-state index contributed by atoms with van der Waals surface area (Å²) in [5.74, 6) is -0.235. The molecule has 2 rings (SSSR count). The summed E-state index contributed by atoms with van der Waals surface area (Å²) in [5, 5.41) is 13.1. The van der Waals surface area contributed by atoms with E-state index in [1.54, 1.807) is 6.20 Å². The van der Waals surface area contributed by atoms with E-state index >= 15 is 0 Å². The maximum Gasteiger partial charge on any atom is 0.313 e. The number of rotatable bonds is 6. The standard InChI is InChI=1S/C10H12N4O3S/c1-7-4-11-10(18-5-9(15)16)14(7)3-2-8-12-6-17-13-8/h4,6H,2-3,5H2,1H3,(H,15,16). The molecule has 0 spiro atoms. The van der Waals surface area contributed by atoms with Crippen LogP contribution in [0.3, 0.4) is 0 Å². The third-order valence-corrected chi connectivity index (χ3v) is 3.28. The molecule has 0 amide bonds. The van der Waals surface area contributed by atoms with Crippen LogP contribution in [0, 0.1) is 6.92 Å². The molecule has 2 heterocycles. The number of aliphatic carboxylic acids is 1. The molecule has 8 heteroatoms. The van der Waals surface area contributed by atoms with Crippen molar-refractivity contribution in [1.82, 2.24) is 19.7 Å². The fourth-order valence-corrected chi connectivity index (χ4v) is 2.24. The molecule has 0 saturated heterocycles. The molecule has 7 nitrogen and oxygen atoms in total. The average Bonchev–Trinajstić information content (AvgIpc) is 2.94. The number of carboxylic acid groups (broad SMARTS) is 1. The quantitative estimate of drug-likeness (QED) is 0.781. The zero-order valence-corrected chi connectivity index (χ0v) is 10.6. The molecule has 96 valence electrons. The minimum Gasteiger partial charge on any atom is -0.481 e. The monoisotopic (exact) mass is 268 g/mol. The van der Waals surface area contributed by atoms with Crippen molar-refractivity contribution in [3.63, 3.8) is 0 Å². The molecular weight excluding hydrogens is 256 g/mol. The molecule has 0 atom stereocenters. The van der Waals surface area contributed by atoms with Crippen molar-refractivity contribution in [1.29, 1.82) is 0 Å². The molecule has 0 unspecified atom stereocenters. The number of imidazole rings is 1. The summed E-state index contributed by atoms with van der Waals surface area (Å²) in [5.41, 5.74) is 0.978. The third-order valence-electron chi connectivity index (χ3n) is 2.31. The van der Waals surface area contributed by atoms with Gasteiger partial charge in [0.25, 0.3) is 0 Å². The van der Waals surface area contributed by atoms with E-state index in [0.29, 0.717) is 23.9 Å². The molecule has 2 aromatic heterocycles. The lowest BCUT2D eigenvalue weighted by Crippen LogP contribution is -2.07. The van der Waals surface area contributed by atoms with Crippen LogP contribution in [0.1, 0.15) is 11.5 Å². The van der Waals surface area contributed by atoms with Gasteiger partial charge in [-0.1, -0.05) is 16.9 Å². The summed E-state index contributed by atoms with van der Waals surface area (Å²) in [6.45, 7) is 2.57. The Labute approximate surface area is 107 Å². The minimum absolute atomic E-state index is 0.00133. The first kappa shape index (κ1) is 12.6. The van der Waals surface area contributed by atoms with Crippen LogP contribution in [-0.2, 0) is 17.8 Å². The van der Waals surface area contributed by atoms with E-state index in [1.807, 2.05) is 11.5 Å². The molecule has 0 aromatic carbocycles. The van der Waals surface area contributed by atoms with Crippen LogP contribution in [0.25, 0.3) is 0 Å². The van der Waals surface area contributed by atoms with Gasteiger partial charge in [-0.25, -0.2) is 4.98 Å². The van der Waals surface area contributed by atoms with Crippen LogP contribution in [0.5, 0.6) is 0 Å². The molecule has 0 aliphatic heterocycles. The summed E-state index contributed by atoms with van der Waals surface area (Å²) < 4.78 is 6.60. The third kappa shape index (κ3) is 3.10. The Balaban J connectivity index is 2.02. The van der Waals surface area contributed by atoms with Crippen LogP contribution < -0.4 is 0 Å². The lowest BCUT2D eigenvalue weighted by atomic mass is 10.4. The SMILES string of the molecule is Cc1cnc(SCC(=O)O)n1CCc1ncon1. The molecule has 18 heavy (non-hydrogen) atoms. The largest absolute Gasteiger partial charge is 0.481 e. The fraction of sp³-hybridized carbons (Fsp3) is 0.400. The first-order chi connectivity index (χ1) is 8.66. The van der Waals surface area contributed by atoms with Gasteiger partial charge in [0, 0.05) is 24.9 Å². The van der Waals surface area contributed by atoms with Crippen molar-refractivity contribution >= 4 is 17.7 Å². The molecule has 0 saturated carbocycles. The number of nitrogens with zero attached hydrogens (tertiary/aromatic N) is 4. The summed E-state index contributed by atoms with van der Waals surface area (Å²) in [6, 6.07) is 0. The van der Waals surface area contributed by atoms with Crippen LogP contribution in [0.4, 0.5) is 0 Å². The molecule has 0 fully saturated rings. The highest BCUT2D eigenvalue weighted by Gasteiger charge is 2.10. The molecule has 0 radical (unpaired) electrons. The predicted octanol–water partition coefficient (Wildman–Crippen LogP) is 0.994. The Hall–Kier alpha value is -1.83. The zero-order chi connectivity index (χ0) is 13.0. The van der Waals surface area contributed by atoms with Crippen molar-refractivity contribution in [3.05, 3.63) is 24.1 Å². The normalized spacial score (nSPS) is 10.7. The van der Waals surface area contributed by atoms with Gasteiger partial charge in [0.2, 0.25) is 6.39 Å². The van der Waals surface area contributed by atoms with Crippen molar-refractivity contribution in [2.24, 2.45) is 0 Å². The van der Waals surface area contributed by atoms with Crippen LogP contribution >= 0.6 is 11.8 Å². The van der Waals surface area contributed by atoms with E-state index < -0.39 is 5.97 Å². The Bertz CT molecular complexity index is 523. The van der Waals surface area contributed by atoms with Crippen LogP contribution in [0.2, 0.25) is 0 Å². The van der Waals surface area contributed by atoms with Crippen LogP contribution in [0.15, 0.2) is 22.3 Å².